The molecule has 1 aliphatic rings. The third kappa shape index (κ3) is 3.70. The summed E-state index contributed by atoms with van der Waals surface area (Å²) in [6.45, 7) is 2.09. The number of hydrogen-bond donors (Lipinski definition) is 2. The number of nitrogens with one attached hydrogen (secondary N) is 1. The fourth-order valence-corrected chi connectivity index (χ4v) is 3.02. The van der Waals surface area contributed by atoms with Crippen LogP contribution in [0.4, 0.5) is 5.69 Å². The lowest BCUT2D eigenvalue weighted by molar-refractivity contribution is 0.0999. The third-order valence-corrected chi connectivity index (χ3v) is 4.22. The normalized spacial score (nSPS) is 19.2. The molecule has 1 unspecified atom stereocenters. The lowest BCUT2D eigenvalue weighted by Crippen LogP contribution is -2.42. The first kappa shape index (κ1) is 14.3. The zero-order chi connectivity index (χ0) is 13.8. The minimum absolute atomic E-state index is 0.407. The van der Waals surface area contributed by atoms with Gasteiger partial charge in [0.25, 0.3) is 0 Å². The van der Waals surface area contributed by atoms with Crippen molar-refractivity contribution >= 4 is 27.5 Å². The second kappa shape index (κ2) is 6.39. The molecule has 0 radical (unpaired) electrons. The van der Waals surface area contributed by atoms with Crippen LogP contribution in [0.15, 0.2) is 22.7 Å². The average Bonchev–Trinajstić information content (AvgIpc) is 2.39. The van der Waals surface area contributed by atoms with Gasteiger partial charge in [-0.15, -0.1) is 0 Å². The van der Waals surface area contributed by atoms with Crippen LogP contribution in [0, 0.1) is 0 Å². The van der Waals surface area contributed by atoms with Crippen LogP contribution in [0.2, 0.25) is 0 Å². The number of amides is 1. The molecule has 19 heavy (non-hydrogen) atoms. The van der Waals surface area contributed by atoms with E-state index in [0.29, 0.717) is 11.6 Å². The molecule has 4 nitrogen and oxygen atoms in total. The van der Waals surface area contributed by atoms with Crippen molar-refractivity contribution in [3.63, 3.8) is 0 Å². The quantitative estimate of drug-likeness (QED) is 0.891. The largest absolute Gasteiger partial charge is 0.373 e. The number of rotatable bonds is 4. The molecule has 0 spiro atoms. The number of primary amides is 1. The van der Waals surface area contributed by atoms with Crippen molar-refractivity contribution in [1.82, 2.24) is 5.32 Å². The Balaban J connectivity index is 2.04. The Labute approximate surface area is 122 Å². The molecule has 104 valence electrons. The van der Waals surface area contributed by atoms with Crippen LogP contribution in [0.1, 0.15) is 29.6 Å². The van der Waals surface area contributed by atoms with E-state index in [1.807, 2.05) is 12.1 Å². The van der Waals surface area contributed by atoms with E-state index in [1.165, 1.54) is 19.3 Å². The summed E-state index contributed by atoms with van der Waals surface area (Å²) in [6.07, 6.45) is 3.81. The molecular formula is C14H20BrN3O. The SMILES string of the molecule is CN(CC1CCCCN1)c1ccc(C(N)=O)c(Br)c1. The number of nitrogens with two attached hydrogens (primary N) is 1. The van der Waals surface area contributed by atoms with E-state index in [-0.39, 0.29) is 0 Å². The van der Waals surface area contributed by atoms with Gasteiger partial charge in [-0.2, -0.15) is 0 Å². The van der Waals surface area contributed by atoms with Gasteiger partial charge in [-0.1, -0.05) is 6.42 Å². The maximum atomic E-state index is 11.2. The number of anilines is 1. The molecule has 0 aromatic heterocycles. The second-order valence-corrected chi connectivity index (χ2v) is 5.91. The number of likely N-dealkylation sites (N-methyl/N-ethyl adjacent to an activating group) is 1. The summed E-state index contributed by atoms with van der Waals surface area (Å²) >= 11 is 3.40. The molecule has 1 fully saturated rings. The molecule has 0 saturated carbocycles. The van der Waals surface area contributed by atoms with Crippen LogP contribution in [0.5, 0.6) is 0 Å². The van der Waals surface area contributed by atoms with E-state index >= 15 is 0 Å². The smallest absolute Gasteiger partial charge is 0.249 e. The molecule has 3 N–H and O–H groups in total. The predicted octanol–water partition coefficient (Wildman–Crippen LogP) is 2.13. The Bertz CT molecular complexity index is 458. The number of carbonyl (C=O) groups is 1. The number of halogens is 1. The summed E-state index contributed by atoms with van der Waals surface area (Å²) in [7, 11) is 2.07. The Morgan fingerprint density at radius 3 is 2.89 bits per heavy atom. The van der Waals surface area contributed by atoms with Gasteiger partial charge in [0, 0.05) is 29.8 Å². The van der Waals surface area contributed by atoms with Crippen molar-refractivity contribution in [3.8, 4) is 0 Å². The Kier molecular flexibility index (Phi) is 4.82. The van der Waals surface area contributed by atoms with E-state index in [9.17, 15) is 4.79 Å². The fraction of sp³-hybridized carbons (Fsp3) is 0.500. The summed E-state index contributed by atoms with van der Waals surface area (Å²) in [5.41, 5.74) is 6.91. The number of nitrogens with zero attached hydrogens (tertiary/aromatic N) is 1. The molecule has 1 amide bonds. The van der Waals surface area contributed by atoms with Gasteiger partial charge in [-0.05, 0) is 53.5 Å². The molecule has 1 atom stereocenters. The molecule has 1 saturated heterocycles. The van der Waals surface area contributed by atoms with Crippen LogP contribution in [-0.2, 0) is 0 Å². The van der Waals surface area contributed by atoms with Crippen molar-refractivity contribution < 1.29 is 4.79 Å². The number of benzene rings is 1. The van der Waals surface area contributed by atoms with Gasteiger partial charge >= 0.3 is 0 Å². The van der Waals surface area contributed by atoms with E-state index in [0.717, 1.165) is 23.2 Å². The Hall–Kier alpha value is -1.07. The number of piperidine rings is 1. The minimum atomic E-state index is -0.407. The van der Waals surface area contributed by atoms with E-state index in [2.05, 4.69) is 33.2 Å². The van der Waals surface area contributed by atoms with E-state index in [4.69, 9.17) is 5.73 Å². The van der Waals surface area contributed by atoms with Crippen LogP contribution in [-0.4, -0.2) is 32.1 Å². The summed E-state index contributed by atoms with van der Waals surface area (Å²) < 4.78 is 0.751. The zero-order valence-corrected chi connectivity index (χ0v) is 12.7. The molecule has 1 aliphatic heterocycles. The van der Waals surface area contributed by atoms with Crippen molar-refractivity contribution in [2.75, 3.05) is 25.0 Å². The zero-order valence-electron chi connectivity index (χ0n) is 11.2. The first-order valence-electron chi connectivity index (χ1n) is 6.62. The van der Waals surface area contributed by atoms with Crippen molar-refractivity contribution in [3.05, 3.63) is 28.2 Å². The molecule has 1 aromatic rings. The van der Waals surface area contributed by atoms with Gasteiger partial charge in [-0.3, -0.25) is 4.79 Å². The first-order chi connectivity index (χ1) is 9.08. The third-order valence-electron chi connectivity index (χ3n) is 3.57. The van der Waals surface area contributed by atoms with Crippen molar-refractivity contribution in [1.29, 1.82) is 0 Å². The van der Waals surface area contributed by atoms with Crippen LogP contribution in [0.3, 0.4) is 0 Å². The summed E-state index contributed by atoms with van der Waals surface area (Å²) in [5, 5.41) is 3.54. The van der Waals surface area contributed by atoms with Crippen molar-refractivity contribution in [2.45, 2.75) is 25.3 Å². The molecular weight excluding hydrogens is 306 g/mol. The van der Waals surface area contributed by atoms with Crippen LogP contribution >= 0.6 is 15.9 Å². The highest BCUT2D eigenvalue weighted by atomic mass is 79.9. The summed E-state index contributed by atoms with van der Waals surface area (Å²) in [5.74, 6) is -0.407. The van der Waals surface area contributed by atoms with Gasteiger partial charge in [-0.25, -0.2) is 0 Å². The standard InChI is InChI=1S/C14H20BrN3O/c1-18(9-10-4-2-3-7-17-10)11-5-6-12(14(16)19)13(15)8-11/h5-6,8,10,17H,2-4,7,9H2,1H3,(H2,16,19). The van der Waals surface area contributed by atoms with Gasteiger partial charge in [0.1, 0.15) is 0 Å². The van der Waals surface area contributed by atoms with Crippen molar-refractivity contribution in [2.24, 2.45) is 5.73 Å². The lowest BCUT2D eigenvalue weighted by atomic mass is 10.0. The van der Waals surface area contributed by atoms with Gasteiger partial charge < -0.3 is 16.0 Å². The topological polar surface area (TPSA) is 58.4 Å². The number of carbonyl (C=O) groups excluding carboxylic acids is 1. The van der Waals surface area contributed by atoms with Gasteiger partial charge in [0.05, 0.1) is 5.56 Å². The molecule has 0 bridgehead atoms. The molecule has 5 heteroatoms. The fourth-order valence-electron chi connectivity index (χ4n) is 2.46. The second-order valence-electron chi connectivity index (χ2n) is 5.06. The maximum absolute atomic E-state index is 11.2. The predicted molar refractivity (Wildman–Crippen MR) is 81.6 cm³/mol. The van der Waals surface area contributed by atoms with Crippen LogP contribution in [0.25, 0.3) is 0 Å². The van der Waals surface area contributed by atoms with E-state index < -0.39 is 5.91 Å². The summed E-state index contributed by atoms with van der Waals surface area (Å²) in [6, 6.07) is 6.21. The minimum Gasteiger partial charge on any atom is -0.373 e. The Morgan fingerprint density at radius 1 is 1.53 bits per heavy atom. The van der Waals surface area contributed by atoms with Gasteiger partial charge in [0.15, 0.2) is 0 Å². The van der Waals surface area contributed by atoms with Crippen LogP contribution < -0.4 is 16.0 Å². The molecule has 0 aliphatic carbocycles. The Morgan fingerprint density at radius 2 is 2.32 bits per heavy atom. The highest BCUT2D eigenvalue weighted by Gasteiger charge is 2.15. The summed E-state index contributed by atoms with van der Waals surface area (Å²) in [4.78, 5) is 13.4. The average molecular weight is 326 g/mol. The molecule has 1 heterocycles. The van der Waals surface area contributed by atoms with Gasteiger partial charge in [0.2, 0.25) is 5.91 Å². The highest BCUT2D eigenvalue weighted by molar-refractivity contribution is 9.10. The lowest BCUT2D eigenvalue weighted by Gasteiger charge is -2.29. The first-order valence-corrected chi connectivity index (χ1v) is 7.41. The van der Waals surface area contributed by atoms with E-state index in [1.54, 1.807) is 6.07 Å². The molecule has 1 aromatic carbocycles. The number of hydrogen-bond acceptors (Lipinski definition) is 3. The maximum Gasteiger partial charge on any atom is 0.249 e. The molecule has 2 rings (SSSR count). The highest BCUT2D eigenvalue weighted by Crippen LogP contribution is 2.24. The monoisotopic (exact) mass is 325 g/mol.